The van der Waals surface area contributed by atoms with Crippen molar-refractivity contribution in [1.82, 2.24) is 0 Å². The standard InChI is InChI=1S/C65H61BN2OS/c1-38-33-49-51(64(6,7)31-29-62(49,2)3)36-53(38)68-58-48-35-50-52(65(8,9)32-30-63(50,4)5)37-55(48)70-61(58)66-56-46(34-47-44-21-15-16-22-54(44)69-60(47)59(56)68)45-28-25-41-19-13-14-20-43(41)57(45)67-42-26-23-40(24-27-42)39-17-11-10-12-18-39/h10-28,33-37,66-67H,29-32H2,1-9H3. The Labute approximate surface area is 417 Å². The summed E-state index contributed by atoms with van der Waals surface area (Å²) in [6, 6.07) is 54.6. The third kappa shape index (κ3) is 6.60. The third-order valence-electron chi connectivity index (χ3n) is 17.1. The van der Waals surface area contributed by atoms with E-state index in [9.17, 15) is 0 Å². The predicted octanol–water partition coefficient (Wildman–Crippen LogP) is 17.2. The molecule has 8 aromatic carbocycles. The summed E-state index contributed by atoms with van der Waals surface area (Å²) in [4.78, 5) is 2.69. The van der Waals surface area contributed by atoms with Crippen molar-refractivity contribution in [3.05, 3.63) is 173 Å². The van der Waals surface area contributed by atoms with Gasteiger partial charge < -0.3 is 14.6 Å². The fourth-order valence-electron chi connectivity index (χ4n) is 12.7. The number of rotatable bonds is 5. The van der Waals surface area contributed by atoms with E-state index >= 15 is 0 Å². The fourth-order valence-corrected chi connectivity index (χ4v) is 13.9. The molecule has 13 rings (SSSR count). The number of furan rings is 1. The van der Waals surface area contributed by atoms with Gasteiger partial charge in [0.25, 0.3) is 0 Å². The number of hydrogen-bond donors (Lipinski definition) is 1. The van der Waals surface area contributed by atoms with Crippen molar-refractivity contribution in [2.45, 2.75) is 110 Å². The quantitative estimate of drug-likeness (QED) is 0.174. The molecule has 1 N–H and O–H groups in total. The second-order valence-electron chi connectivity index (χ2n) is 23.5. The van der Waals surface area contributed by atoms with E-state index in [1.54, 1.807) is 0 Å². The molecule has 1 aliphatic heterocycles. The van der Waals surface area contributed by atoms with Gasteiger partial charge in [0, 0.05) is 43.2 Å². The molecule has 0 atom stereocenters. The van der Waals surface area contributed by atoms with Crippen LogP contribution < -0.4 is 20.5 Å². The van der Waals surface area contributed by atoms with Crippen LogP contribution in [0, 0.1) is 6.92 Å². The summed E-state index contributed by atoms with van der Waals surface area (Å²) < 4.78 is 10.0. The number of thiophene rings is 1. The highest BCUT2D eigenvalue weighted by atomic mass is 32.1. The van der Waals surface area contributed by atoms with Crippen LogP contribution in [0.25, 0.3) is 65.1 Å². The van der Waals surface area contributed by atoms with Crippen LogP contribution in [-0.4, -0.2) is 7.28 Å². The highest BCUT2D eigenvalue weighted by Crippen LogP contribution is 2.55. The third-order valence-corrected chi connectivity index (χ3v) is 18.3. The van der Waals surface area contributed by atoms with E-state index in [-0.39, 0.29) is 21.7 Å². The summed E-state index contributed by atoms with van der Waals surface area (Å²) in [6.07, 6.45) is 4.69. The van der Waals surface area contributed by atoms with Crippen molar-refractivity contribution >= 4 is 100 Å². The number of benzene rings is 8. The van der Waals surface area contributed by atoms with Crippen molar-refractivity contribution in [1.29, 1.82) is 0 Å². The van der Waals surface area contributed by atoms with Crippen molar-refractivity contribution < 1.29 is 4.42 Å². The Hall–Kier alpha value is -6.56. The Kier molecular flexibility index (Phi) is 9.45. The summed E-state index contributed by atoms with van der Waals surface area (Å²) in [5.41, 5.74) is 21.4. The monoisotopic (exact) mass is 928 g/mol. The van der Waals surface area contributed by atoms with Gasteiger partial charge >= 0.3 is 0 Å². The topological polar surface area (TPSA) is 28.4 Å². The van der Waals surface area contributed by atoms with Crippen LogP contribution >= 0.6 is 11.3 Å². The molecule has 0 spiro atoms. The van der Waals surface area contributed by atoms with Crippen molar-refractivity contribution in [3.8, 4) is 22.3 Å². The molecule has 3 heterocycles. The van der Waals surface area contributed by atoms with E-state index in [1.807, 2.05) is 11.3 Å². The van der Waals surface area contributed by atoms with E-state index < -0.39 is 0 Å². The maximum absolute atomic E-state index is 7.26. The van der Waals surface area contributed by atoms with E-state index in [2.05, 4.69) is 218 Å². The van der Waals surface area contributed by atoms with Crippen LogP contribution in [-0.2, 0) is 21.7 Å². The lowest BCUT2D eigenvalue weighted by Gasteiger charge is -2.43. The Morgan fingerprint density at radius 3 is 1.84 bits per heavy atom. The maximum Gasteiger partial charge on any atom is 0.211 e. The van der Waals surface area contributed by atoms with Crippen molar-refractivity contribution in [3.63, 3.8) is 0 Å². The van der Waals surface area contributed by atoms with Crippen molar-refractivity contribution in [2.75, 3.05) is 10.2 Å². The maximum atomic E-state index is 7.26. The Balaban J connectivity index is 1.12. The number of nitrogens with one attached hydrogen (secondary N) is 1. The zero-order valence-electron chi connectivity index (χ0n) is 42.2. The highest BCUT2D eigenvalue weighted by Gasteiger charge is 2.42. The lowest BCUT2D eigenvalue weighted by molar-refractivity contribution is 0.332. The van der Waals surface area contributed by atoms with Crippen LogP contribution in [0.1, 0.15) is 109 Å². The SMILES string of the molecule is Cc1cc2c(cc1N1c3c(sc4cc5c(cc34)C(C)(C)CCC5(C)C)Bc3c(-c4ccc5ccccc5c4Nc4ccc(-c5ccccc5)cc4)cc4c(oc5ccccc54)c31)C(C)(C)CCC2(C)C. The van der Waals surface area contributed by atoms with Gasteiger partial charge in [-0.1, -0.05) is 159 Å². The van der Waals surface area contributed by atoms with Gasteiger partial charge in [-0.05, 0) is 157 Å². The molecule has 3 nitrogen and oxygen atoms in total. The minimum atomic E-state index is 0.0294. The average molecular weight is 929 g/mol. The van der Waals surface area contributed by atoms with Crippen LogP contribution in [0.15, 0.2) is 150 Å². The van der Waals surface area contributed by atoms with E-state index in [0.717, 1.165) is 52.7 Å². The molecule has 0 saturated carbocycles. The van der Waals surface area contributed by atoms with Crippen LogP contribution in [0.3, 0.4) is 0 Å². The first-order chi connectivity index (χ1) is 33.6. The van der Waals surface area contributed by atoms with Crippen LogP contribution in [0.5, 0.6) is 0 Å². The summed E-state index contributed by atoms with van der Waals surface area (Å²) in [5.74, 6) is 0. The summed E-state index contributed by atoms with van der Waals surface area (Å²) >= 11 is 2.00. The Morgan fingerprint density at radius 2 is 1.13 bits per heavy atom. The van der Waals surface area contributed by atoms with Gasteiger partial charge in [-0.15, -0.1) is 11.3 Å². The van der Waals surface area contributed by atoms with Gasteiger partial charge in [0.2, 0.25) is 7.28 Å². The van der Waals surface area contributed by atoms with Gasteiger partial charge in [-0.25, -0.2) is 0 Å². The van der Waals surface area contributed by atoms with Gasteiger partial charge in [0.15, 0.2) is 5.58 Å². The molecular formula is C65H61BN2OS. The van der Waals surface area contributed by atoms with Crippen LogP contribution in [0.2, 0.25) is 0 Å². The Bertz CT molecular complexity index is 3790. The number of hydrogen-bond acceptors (Lipinski definition) is 4. The second-order valence-corrected chi connectivity index (χ2v) is 24.6. The largest absolute Gasteiger partial charge is 0.454 e. The smallest absolute Gasteiger partial charge is 0.211 e. The molecule has 346 valence electrons. The molecule has 0 fully saturated rings. The van der Waals surface area contributed by atoms with Gasteiger partial charge in [0.05, 0.1) is 17.1 Å². The van der Waals surface area contributed by atoms with E-state index in [4.69, 9.17) is 4.42 Å². The molecule has 0 bridgehead atoms. The van der Waals surface area contributed by atoms with Crippen LogP contribution in [0.4, 0.5) is 28.4 Å². The molecule has 0 unspecified atom stereocenters. The lowest BCUT2D eigenvalue weighted by atomic mass is 9.61. The molecule has 2 aliphatic carbocycles. The first-order valence-electron chi connectivity index (χ1n) is 25.5. The molecule has 0 radical (unpaired) electrons. The number of para-hydroxylation sites is 1. The average Bonchev–Trinajstić information content (AvgIpc) is 3.91. The predicted molar refractivity (Wildman–Crippen MR) is 304 cm³/mol. The van der Waals surface area contributed by atoms with E-state index in [1.165, 1.54) is 112 Å². The highest BCUT2D eigenvalue weighted by molar-refractivity contribution is 7.29. The summed E-state index contributed by atoms with van der Waals surface area (Å²) in [7, 11) is 0.792. The second kappa shape index (κ2) is 15.2. The number of anilines is 5. The number of aryl methyl sites for hydroxylation is 1. The summed E-state index contributed by atoms with van der Waals surface area (Å²) in [5, 5.41) is 10.1. The molecule has 2 aromatic heterocycles. The lowest BCUT2D eigenvalue weighted by Crippen LogP contribution is -2.40. The number of fused-ring (bicyclic) bond motifs is 11. The zero-order valence-corrected chi connectivity index (χ0v) is 43.0. The fraction of sp³-hybridized carbons (Fsp3) is 0.262. The van der Waals surface area contributed by atoms with E-state index in [0.29, 0.717) is 0 Å². The molecule has 70 heavy (non-hydrogen) atoms. The minimum absolute atomic E-state index is 0.0294. The summed E-state index contributed by atoms with van der Waals surface area (Å²) in [6.45, 7) is 22.0. The minimum Gasteiger partial charge on any atom is -0.454 e. The van der Waals surface area contributed by atoms with Gasteiger partial charge in [-0.2, -0.15) is 0 Å². The molecular weight excluding hydrogens is 868 g/mol. The van der Waals surface area contributed by atoms with Gasteiger partial charge in [-0.3, -0.25) is 0 Å². The zero-order chi connectivity index (χ0) is 48.1. The molecule has 3 aliphatic rings. The van der Waals surface area contributed by atoms with Crippen molar-refractivity contribution in [2.24, 2.45) is 0 Å². The molecule has 5 heteroatoms. The first-order valence-corrected chi connectivity index (χ1v) is 26.4. The molecule has 0 amide bonds. The number of nitrogens with zero attached hydrogens (tertiary/aromatic N) is 1. The molecule has 0 saturated heterocycles. The Morgan fingerprint density at radius 1 is 0.529 bits per heavy atom. The first kappa shape index (κ1) is 43.5. The van der Waals surface area contributed by atoms with Gasteiger partial charge in [0.1, 0.15) is 5.58 Å². The normalized spacial score (nSPS) is 17.2. The molecule has 10 aromatic rings.